The first-order valence-corrected chi connectivity index (χ1v) is 7.33. The van der Waals surface area contributed by atoms with Gasteiger partial charge in [0.2, 0.25) is 0 Å². The smallest absolute Gasteiger partial charge is 0.171 e. The molecule has 0 rings (SSSR count). The molecule has 0 heterocycles. The fourth-order valence-electron chi connectivity index (χ4n) is 2.26. The summed E-state index contributed by atoms with van der Waals surface area (Å²) in [6.45, 7) is 8.50. The van der Waals surface area contributed by atoms with Crippen LogP contribution in [-0.2, 0) is 0 Å². The number of halogens is 3. The fourth-order valence-corrected chi connectivity index (χ4v) is 2.26. The summed E-state index contributed by atoms with van der Waals surface area (Å²) in [4.78, 5) is 0. The summed E-state index contributed by atoms with van der Waals surface area (Å²) in [7, 11) is 0. The van der Waals surface area contributed by atoms with Gasteiger partial charge in [0.15, 0.2) is 0 Å². The highest BCUT2D eigenvalue weighted by Gasteiger charge is 2.28. The van der Waals surface area contributed by atoms with Gasteiger partial charge >= 0.3 is 6.18 Å². The minimum absolute atomic E-state index is 0.226. The molecular formula is C15H29F3. The summed E-state index contributed by atoms with van der Waals surface area (Å²) < 4.78 is 36.7. The van der Waals surface area contributed by atoms with Gasteiger partial charge in [-0.15, -0.1) is 0 Å². The molecule has 110 valence electrons. The van der Waals surface area contributed by atoms with E-state index in [4.69, 9.17) is 0 Å². The molecule has 0 fully saturated rings. The van der Waals surface area contributed by atoms with Crippen LogP contribution in [0, 0.1) is 17.8 Å². The van der Waals surface area contributed by atoms with E-state index in [1.54, 1.807) is 0 Å². The van der Waals surface area contributed by atoms with Gasteiger partial charge in [0, 0.05) is 6.42 Å². The monoisotopic (exact) mass is 266 g/mol. The van der Waals surface area contributed by atoms with Crippen molar-refractivity contribution in [3.05, 3.63) is 0 Å². The van der Waals surface area contributed by atoms with Gasteiger partial charge in [0.05, 0.1) is 0 Å². The van der Waals surface area contributed by atoms with Crippen LogP contribution in [0.3, 0.4) is 0 Å². The fraction of sp³-hybridized carbons (Fsp3) is 1.00. The van der Waals surface area contributed by atoms with Crippen molar-refractivity contribution < 1.29 is 13.2 Å². The van der Waals surface area contributed by atoms with Crippen LogP contribution in [0.25, 0.3) is 0 Å². The second-order valence-corrected chi connectivity index (χ2v) is 5.96. The quantitative estimate of drug-likeness (QED) is 0.435. The first-order chi connectivity index (χ1) is 8.26. The Kier molecular flexibility index (Phi) is 8.71. The lowest BCUT2D eigenvalue weighted by Gasteiger charge is -2.21. The largest absolute Gasteiger partial charge is 0.389 e. The number of hydrogen-bond acceptors (Lipinski definition) is 0. The van der Waals surface area contributed by atoms with Crippen LogP contribution in [0.5, 0.6) is 0 Å². The maximum atomic E-state index is 12.2. The van der Waals surface area contributed by atoms with Crippen LogP contribution in [0.4, 0.5) is 13.2 Å². The second kappa shape index (κ2) is 8.82. The Hall–Kier alpha value is -0.210. The van der Waals surface area contributed by atoms with E-state index < -0.39 is 12.6 Å². The van der Waals surface area contributed by atoms with Crippen LogP contribution in [0.2, 0.25) is 0 Å². The van der Waals surface area contributed by atoms with Crippen molar-refractivity contribution in [3.63, 3.8) is 0 Å². The van der Waals surface area contributed by atoms with E-state index in [-0.39, 0.29) is 5.92 Å². The zero-order valence-corrected chi connectivity index (χ0v) is 12.3. The first kappa shape index (κ1) is 17.8. The van der Waals surface area contributed by atoms with Crippen LogP contribution in [0.15, 0.2) is 0 Å². The molecule has 18 heavy (non-hydrogen) atoms. The van der Waals surface area contributed by atoms with E-state index in [0.717, 1.165) is 25.2 Å². The Morgan fingerprint density at radius 3 is 1.89 bits per heavy atom. The van der Waals surface area contributed by atoms with E-state index in [9.17, 15) is 13.2 Å². The molecule has 0 aromatic carbocycles. The predicted octanol–water partition coefficient (Wildman–Crippen LogP) is 6.21. The van der Waals surface area contributed by atoms with Gasteiger partial charge in [-0.05, 0) is 24.2 Å². The van der Waals surface area contributed by atoms with Gasteiger partial charge in [-0.3, -0.25) is 0 Å². The third-order valence-electron chi connectivity index (χ3n) is 3.96. The molecule has 0 amide bonds. The minimum Gasteiger partial charge on any atom is -0.171 e. The summed E-state index contributed by atoms with van der Waals surface area (Å²) in [5.74, 6) is 1.33. The average Bonchev–Trinajstić information content (AvgIpc) is 2.25. The van der Waals surface area contributed by atoms with E-state index in [0.29, 0.717) is 12.3 Å². The molecule has 0 aromatic heterocycles. The Morgan fingerprint density at radius 2 is 1.44 bits per heavy atom. The standard InChI is InChI=1S/C15H29F3/c1-5-13(4)8-6-7-9-14(12(2)3)10-11-15(16,17)18/h12-14H,5-11H2,1-4H3. The molecule has 0 radical (unpaired) electrons. The van der Waals surface area contributed by atoms with Crippen LogP contribution < -0.4 is 0 Å². The summed E-state index contributed by atoms with van der Waals surface area (Å²) in [5.41, 5.74) is 0. The summed E-state index contributed by atoms with van der Waals surface area (Å²) in [5, 5.41) is 0. The Labute approximate surface area is 110 Å². The van der Waals surface area contributed by atoms with E-state index in [1.165, 1.54) is 12.8 Å². The number of alkyl halides is 3. The Bertz CT molecular complexity index is 196. The molecule has 0 bridgehead atoms. The maximum absolute atomic E-state index is 12.2. The molecule has 0 aliphatic carbocycles. The van der Waals surface area contributed by atoms with Gasteiger partial charge in [-0.1, -0.05) is 59.8 Å². The Morgan fingerprint density at radius 1 is 0.889 bits per heavy atom. The van der Waals surface area contributed by atoms with E-state index >= 15 is 0 Å². The second-order valence-electron chi connectivity index (χ2n) is 5.96. The van der Waals surface area contributed by atoms with Gasteiger partial charge in [-0.2, -0.15) is 13.2 Å². The number of rotatable bonds is 9. The normalized spacial score (nSPS) is 16.0. The van der Waals surface area contributed by atoms with Gasteiger partial charge in [0.1, 0.15) is 0 Å². The zero-order chi connectivity index (χ0) is 14.2. The topological polar surface area (TPSA) is 0 Å². The lowest BCUT2D eigenvalue weighted by Crippen LogP contribution is -2.15. The van der Waals surface area contributed by atoms with Crippen LogP contribution in [-0.4, -0.2) is 6.18 Å². The van der Waals surface area contributed by atoms with Gasteiger partial charge < -0.3 is 0 Å². The summed E-state index contributed by atoms with van der Waals surface area (Å²) >= 11 is 0. The van der Waals surface area contributed by atoms with Gasteiger partial charge in [0.25, 0.3) is 0 Å². The molecule has 0 N–H and O–H groups in total. The molecule has 0 saturated heterocycles. The van der Waals surface area contributed by atoms with Crippen molar-refractivity contribution in [1.29, 1.82) is 0 Å². The summed E-state index contributed by atoms with van der Waals surface area (Å²) in [6.07, 6.45) is 1.26. The molecule has 2 unspecified atom stereocenters. The highest BCUT2D eigenvalue weighted by atomic mass is 19.4. The maximum Gasteiger partial charge on any atom is 0.389 e. The van der Waals surface area contributed by atoms with E-state index in [2.05, 4.69) is 13.8 Å². The molecule has 0 aliphatic heterocycles. The number of hydrogen-bond donors (Lipinski definition) is 0. The zero-order valence-electron chi connectivity index (χ0n) is 12.3. The lowest BCUT2D eigenvalue weighted by molar-refractivity contribution is -0.138. The molecule has 0 aliphatic rings. The highest BCUT2D eigenvalue weighted by Crippen LogP contribution is 2.30. The van der Waals surface area contributed by atoms with E-state index in [1.807, 2.05) is 13.8 Å². The van der Waals surface area contributed by atoms with Gasteiger partial charge in [-0.25, -0.2) is 0 Å². The van der Waals surface area contributed by atoms with Crippen molar-refractivity contribution in [2.45, 2.75) is 78.8 Å². The minimum atomic E-state index is -4.00. The Balaban J connectivity index is 3.84. The number of unbranched alkanes of at least 4 members (excludes halogenated alkanes) is 1. The average molecular weight is 266 g/mol. The molecule has 3 heteroatoms. The van der Waals surface area contributed by atoms with Crippen molar-refractivity contribution >= 4 is 0 Å². The summed E-state index contributed by atoms with van der Waals surface area (Å²) in [6, 6.07) is 0. The molecule has 0 aromatic rings. The van der Waals surface area contributed by atoms with Crippen molar-refractivity contribution in [2.24, 2.45) is 17.8 Å². The molecule has 2 atom stereocenters. The molecule has 0 spiro atoms. The molecule has 0 nitrogen and oxygen atoms in total. The SMILES string of the molecule is CCC(C)CCCCC(CCC(F)(F)F)C(C)C. The van der Waals surface area contributed by atoms with Crippen LogP contribution in [0.1, 0.15) is 72.6 Å². The van der Waals surface area contributed by atoms with Crippen molar-refractivity contribution in [2.75, 3.05) is 0 Å². The third kappa shape index (κ3) is 9.78. The molecular weight excluding hydrogens is 237 g/mol. The molecule has 0 saturated carbocycles. The lowest BCUT2D eigenvalue weighted by atomic mass is 9.86. The first-order valence-electron chi connectivity index (χ1n) is 7.33. The predicted molar refractivity (Wildman–Crippen MR) is 71.5 cm³/mol. The highest BCUT2D eigenvalue weighted by molar-refractivity contribution is 4.66. The van der Waals surface area contributed by atoms with Crippen LogP contribution >= 0.6 is 0 Å². The van der Waals surface area contributed by atoms with Crippen molar-refractivity contribution in [3.8, 4) is 0 Å². The van der Waals surface area contributed by atoms with Crippen molar-refractivity contribution in [1.82, 2.24) is 0 Å². The third-order valence-corrected chi connectivity index (χ3v) is 3.96.